The minimum absolute atomic E-state index is 0.745. The van der Waals surface area contributed by atoms with Crippen LogP contribution in [0.3, 0.4) is 0 Å². The van der Waals surface area contributed by atoms with Crippen molar-refractivity contribution in [1.29, 1.82) is 0 Å². The molecule has 0 saturated carbocycles. The molecule has 0 amide bonds. The van der Waals surface area contributed by atoms with Crippen LogP contribution in [0.5, 0.6) is 0 Å². The Labute approximate surface area is 129 Å². The van der Waals surface area contributed by atoms with Gasteiger partial charge in [-0.25, -0.2) is 4.68 Å². The van der Waals surface area contributed by atoms with Crippen LogP contribution in [-0.2, 0) is 6.54 Å². The number of benzene rings is 2. The molecule has 0 aliphatic heterocycles. The van der Waals surface area contributed by atoms with E-state index in [1.807, 2.05) is 72.5 Å². The largest absolute Gasteiger partial charge is 0.316 e. The van der Waals surface area contributed by atoms with Gasteiger partial charge in [0.05, 0.1) is 17.6 Å². The molecule has 0 bridgehead atoms. The van der Waals surface area contributed by atoms with Gasteiger partial charge in [0.2, 0.25) is 0 Å². The molecule has 1 aromatic heterocycles. The third kappa shape index (κ3) is 2.84. The van der Waals surface area contributed by atoms with E-state index in [9.17, 15) is 0 Å². The molecule has 0 radical (unpaired) electrons. The fraction of sp³-hybridized carbons (Fsp3) is 0.118. The monoisotopic (exact) mass is 297 g/mol. The number of hydrogen-bond donors (Lipinski definition) is 1. The Morgan fingerprint density at radius 2 is 1.90 bits per heavy atom. The van der Waals surface area contributed by atoms with Crippen molar-refractivity contribution in [2.75, 3.05) is 7.05 Å². The third-order valence-electron chi connectivity index (χ3n) is 3.35. The van der Waals surface area contributed by atoms with E-state index in [2.05, 4.69) is 10.4 Å². The molecular formula is C17H16ClN3. The van der Waals surface area contributed by atoms with Gasteiger partial charge >= 0.3 is 0 Å². The van der Waals surface area contributed by atoms with E-state index in [4.69, 9.17) is 11.6 Å². The molecule has 3 nitrogen and oxygen atoms in total. The van der Waals surface area contributed by atoms with E-state index in [1.54, 1.807) is 0 Å². The number of nitrogens with zero attached hydrogens (tertiary/aromatic N) is 2. The molecule has 3 rings (SSSR count). The van der Waals surface area contributed by atoms with E-state index < -0.39 is 0 Å². The summed E-state index contributed by atoms with van der Waals surface area (Å²) in [4.78, 5) is 0. The van der Waals surface area contributed by atoms with Crippen molar-refractivity contribution in [1.82, 2.24) is 15.1 Å². The maximum Gasteiger partial charge on any atom is 0.0744 e. The number of aromatic nitrogens is 2. The second kappa shape index (κ2) is 6.12. The number of rotatable bonds is 4. The normalized spacial score (nSPS) is 10.8. The van der Waals surface area contributed by atoms with Crippen LogP contribution in [0.25, 0.3) is 16.9 Å². The first-order chi connectivity index (χ1) is 10.3. The first kappa shape index (κ1) is 13.9. The molecule has 4 heteroatoms. The molecule has 0 fully saturated rings. The van der Waals surface area contributed by atoms with E-state index in [-0.39, 0.29) is 0 Å². The summed E-state index contributed by atoms with van der Waals surface area (Å²) in [5.74, 6) is 0. The van der Waals surface area contributed by atoms with Crippen molar-refractivity contribution in [2.24, 2.45) is 0 Å². The molecule has 0 spiro atoms. The Hall–Kier alpha value is -2.10. The van der Waals surface area contributed by atoms with Crippen LogP contribution in [0.4, 0.5) is 0 Å². The fourth-order valence-electron chi connectivity index (χ4n) is 2.43. The number of nitrogens with one attached hydrogen (secondary N) is 1. The maximum absolute atomic E-state index is 6.12. The van der Waals surface area contributed by atoms with E-state index >= 15 is 0 Å². The first-order valence-electron chi connectivity index (χ1n) is 6.82. The lowest BCUT2D eigenvalue weighted by Crippen LogP contribution is -2.08. The third-order valence-corrected chi connectivity index (χ3v) is 3.59. The predicted octanol–water partition coefficient (Wildman–Crippen LogP) is 3.91. The second-order valence-electron chi connectivity index (χ2n) is 4.80. The van der Waals surface area contributed by atoms with Crippen molar-refractivity contribution in [3.63, 3.8) is 0 Å². The van der Waals surface area contributed by atoms with Gasteiger partial charge in [-0.1, -0.05) is 35.9 Å². The summed E-state index contributed by atoms with van der Waals surface area (Å²) in [5.41, 5.74) is 4.39. The van der Waals surface area contributed by atoms with E-state index in [0.717, 1.165) is 34.1 Å². The van der Waals surface area contributed by atoms with Gasteiger partial charge in [0.25, 0.3) is 0 Å². The van der Waals surface area contributed by atoms with Gasteiger partial charge in [-0.2, -0.15) is 5.10 Å². The molecule has 106 valence electrons. The predicted molar refractivity (Wildman–Crippen MR) is 86.8 cm³/mol. The average Bonchev–Trinajstić information content (AvgIpc) is 2.98. The number of para-hydroxylation sites is 1. The molecular weight excluding hydrogens is 282 g/mol. The first-order valence-corrected chi connectivity index (χ1v) is 7.20. The molecule has 0 atom stereocenters. The summed E-state index contributed by atoms with van der Waals surface area (Å²) in [6, 6.07) is 18.1. The SMILES string of the molecule is CNCc1cc(Cl)ccc1-c1ccnn1-c1ccccc1. The quantitative estimate of drug-likeness (QED) is 0.791. The number of hydrogen-bond acceptors (Lipinski definition) is 2. The summed E-state index contributed by atoms with van der Waals surface area (Å²) >= 11 is 6.12. The van der Waals surface area contributed by atoms with Crippen molar-refractivity contribution in [3.05, 3.63) is 71.4 Å². The molecule has 2 aromatic carbocycles. The van der Waals surface area contributed by atoms with Gasteiger partial charge in [0.15, 0.2) is 0 Å². The van der Waals surface area contributed by atoms with Crippen molar-refractivity contribution in [2.45, 2.75) is 6.54 Å². The smallest absolute Gasteiger partial charge is 0.0744 e. The van der Waals surface area contributed by atoms with Gasteiger partial charge in [-0.05, 0) is 42.9 Å². The zero-order valence-corrected chi connectivity index (χ0v) is 12.5. The lowest BCUT2D eigenvalue weighted by molar-refractivity contribution is 0.815. The summed E-state index contributed by atoms with van der Waals surface area (Å²) in [5, 5.41) is 8.38. The summed E-state index contributed by atoms with van der Waals surface area (Å²) in [7, 11) is 1.93. The highest BCUT2D eigenvalue weighted by atomic mass is 35.5. The zero-order valence-electron chi connectivity index (χ0n) is 11.8. The fourth-order valence-corrected chi connectivity index (χ4v) is 2.63. The molecule has 0 unspecified atom stereocenters. The molecule has 21 heavy (non-hydrogen) atoms. The highest BCUT2D eigenvalue weighted by Crippen LogP contribution is 2.28. The Morgan fingerprint density at radius 1 is 1.10 bits per heavy atom. The summed E-state index contributed by atoms with van der Waals surface area (Å²) in [6.45, 7) is 0.760. The van der Waals surface area contributed by atoms with Gasteiger partial charge in [-0.3, -0.25) is 0 Å². The Morgan fingerprint density at radius 3 is 2.67 bits per heavy atom. The molecule has 1 N–H and O–H groups in total. The average molecular weight is 298 g/mol. The van der Waals surface area contributed by atoms with Crippen LogP contribution >= 0.6 is 11.6 Å². The summed E-state index contributed by atoms with van der Waals surface area (Å²) < 4.78 is 1.95. The minimum Gasteiger partial charge on any atom is -0.316 e. The van der Waals surface area contributed by atoms with Gasteiger partial charge in [-0.15, -0.1) is 0 Å². The number of halogens is 1. The zero-order chi connectivity index (χ0) is 14.7. The van der Waals surface area contributed by atoms with E-state index in [1.165, 1.54) is 0 Å². The summed E-state index contributed by atoms with van der Waals surface area (Å²) in [6.07, 6.45) is 1.82. The van der Waals surface area contributed by atoms with Gasteiger partial charge < -0.3 is 5.32 Å². The topological polar surface area (TPSA) is 29.9 Å². The maximum atomic E-state index is 6.12. The molecule has 3 aromatic rings. The lowest BCUT2D eigenvalue weighted by atomic mass is 10.0. The molecule has 0 saturated heterocycles. The molecule has 0 aliphatic carbocycles. The van der Waals surface area contributed by atoms with Crippen LogP contribution in [0.1, 0.15) is 5.56 Å². The molecule has 1 heterocycles. The lowest BCUT2D eigenvalue weighted by Gasteiger charge is -2.12. The highest BCUT2D eigenvalue weighted by Gasteiger charge is 2.11. The van der Waals surface area contributed by atoms with Crippen molar-refractivity contribution in [3.8, 4) is 16.9 Å². The van der Waals surface area contributed by atoms with E-state index in [0.29, 0.717) is 0 Å². The van der Waals surface area contributed by atoms with Crippen LogP contribution in [-0.4, -0.2) is 16.8 Å². The second-order valence-corrected chi connectivity index (χ2v) is 5.23. The van der Waals surface area contributed by atoms with Gasteiger partial charge in [0, 0.05) is 17.1 Å². The molecule has 0 aliphatic rings. The standard InChI is InChI=1S/C17H16ClN3/c1-19-12-13-11-14(18)7-8-16(13)17-9-10-20-21(17)15-5-3-2-4-6-15/h2-11,19H,12H2,1H3. The van der Waals surface area contributed by atoms with Crippen LogP contribution in [0.15, 0.2) is 60.8 Å². The van der Waals surface area contributed by atoms with Crippen LogP contribution in [0, 0.1) is 0 Å². The Bertz CT molecular complexity index is 735. The van der Waals surface area contributed by atoms with Crippen molar-refractivity contribution < 1.29 is 0 Å². The van der Waals surface area contributed by atoms with Crippen LogP contribution < -0.4 is 5.32 Å². The Balaban J connectivity index is 2.12. The van der Waals surface area contributed by atoms with Crippen LogP contribution in [0.2, 0.25) is 5.02 Å². The minimum atomic E-state index is 0.745. The van der Waals surface area contributed by atoms with Gasteiger partial charge in [0.1, 0.15) is 0 Å². The highest BCUT2D eigenvalue weighted by molar-refractivity contribution is 6.30. The van der Waals surface area contributed by atoms with Crippen molar-refractivity contribution >= 4 is 11.6 Å². The Kier molecular flexibility index (Phi) is 4.04.